The summed E-state index contributed by atoms with van der Waals surface area (Å²) in [5, 5.41) is 80.3. The summed E-state index contributed by atoms with van der Waals surface area (Å²) in [5.41, 5.74) is 0.768. The van der Waals surface area contributed by atoms with E-state index in [1.54, 1.807) is 0 Å². The van der Waals surface area contributed by atoms with Crippen molar-refractivity contribution in [3.63, 3.8) is 0 Å². The third-order valence-corrected chi connectivity index (χ3v) is 7.64. The van der Waals surface area contributed by atoms with Crippen molar-refractivity contribution in [1.29, 1.82) is 0 Å². The molecule has 240 valence electrons. The number of ether oxygens (including phenoxy) is 6. The van der Waals surface area contributed by atoms with Crippen molar-refractivity contribution >= 4 is 12.0 Å². The maximum absolute atomic E-state index is 13.0. The van der Waals surface area contributed by atoms with Crippen LogP contribution in [0.2, 0.25) is 0 Å². The average Bonchev–Trinajstić information content (AvgIpc) is 3.01. The van der Waals surface area contributed by atoms with Crippen LogP contribution < -0.4 is 0 Å². The van der Waals surface area contributed by atoms with Gasteiger partial charge in [-0.3, -0.25) is 0 Å². The fourth-order valence-electron chi connectivity index (χ4n) is 5.19. The monoisotopic (exact) mass is 622 g/mol. The fourth-order valence-corrected chi connectivity index (χ4v) is 5.19. The van der Waals surface area contributed by atoms with Crippen molar-refractivity contribution in [2.45, 2.75) is 74.4 Å². The van der Waals surface area contributed by atoms with Gasteiger partial charge in [0.15, 0.2) is 41.7 Å². The van der Waals surface area contributed by atoms with Crippen LogP contribution in [-0.2, 0) is 33.2 Å². The Bertz CT molecular complexity index is 1350. The van der Waals surface area contributed by atoms with Gasteiger partial charge in [-0.25, -0.2) is 4.79 Å². The van der Waals surface area contributed by atoms with Crippen LogP contribution in [-0.4, -0.2) is 121 Å². The highest BCUT2D eigenvalue weighted by molar-refractivity contribution is 5.87. The minimum atomic E-state index is -1.73. The molecule has 0 unspecified atom stereocenters. The van der Waals surface area contributed by atoms with Gasteiger partial charge in [0.2, 0.25) is 0 Å². The predicted octanol–water partition coefficient (Wildman–Crippen LogP) is -0.479. The van der Waals surface area contributed by atoms with Crippen molar-refractivity contribution < 1.29 is 74.1 Å². The highest BCUT2D eigenvalue weighted by Gasteiger charge is 2.55. The Morgan fingerprint density at radius 2 is 1.59 bits per heavy atom. The second kappa shape index (κ2) is 13.2. The first-order chi connectivity index (χ1) is 21.0. The molecule has 0 bridgehead atoms. The quantitative estimate of drug-likeness (QED) is 0.111. The van der Waals surface area contributed by atoms with Crippen LogP contribution in [0.5, 0.6) is 23.0 Å². The van der Waals surface area contributed by atoms with Crippen LogP contribution in [0, 0.1) is 0 Å². The van der Waals surface area contributed by atoms with Crippen molar-refractivity contribution in [2.75, 3.05) is 13.2 Å². The molecule has 5 rings (SSSR count). The highest BCUT2D eigenvalue weighted by atomic mass is 16.8. The van der Waals surface area contributed by atoms with Gasteiger partial charge >= 0.3 is 5.97 Å². The van der Waals surface area contributed by atoms with E-state index in [-0.39, 0.29) is 18.1 Å². The zero-order valence-electron chi connectivity index (χ0n) is 23.3. The van der Waals surface area contributed by atoms with Gasteiger partial charge in [0, 0.05) is 6.08 Å². The average molecular weight is 623 g/mol. The molecule has 8 N–H and O–H groups in total. The predicted molar refractivity (Wildman–Crippen MR) is 145 cm³/mol. The van der Waals surface area contributed by atoms with Crippen LogP contribution >= 0.6 is 0 Å². The van der Waals surface area contributed by atoms with Crippen LogP contribution in [0.3, 0.4) is 0 Å². The number of phenolic OH excluding ortho intramolecular Hbond substituents is 4. The van der Waals surface area contributed by atoms with Crippen LogP contribution in [0.15, 0.2) is 42.5 Å². The smallest absolute Gasteiger partial charge is 0.331 e. The zero-order valence-corrected chi connectivity index (χ0v) is 23.3. The Balaban J connectivity index is 1.43. The molecule has 0 amide bonds. The molecule has 3 aliphatic heterocycles. The summed E-state index contributed by atoms with van der Waals surface area (Å²) in [4.78, 5) is 13.0. The SMILES string of the molecule is C[C@@H]1O[C@H](O[C@H]2[C@@H]3O[C@H](c4ccc(O)c(O)c4)CO[C@H]3O[C@H](CO)[C@H]2OC(=O)C=Cc2ccc(O)c(O)c2)[C@@H](O)[C@@H](O)[C@H]1O. The third-order valence-electron chi connectivity index (χ3n) is 7.64. The molecule has 15 heteroatoms. The van der Waals surface area contributed by atoms with Gasteiger partial charge in [0.05, 0.1) is 19.3 Å². The molecule has 3 fully saturated rings. The minimum absolute atomic E-state index is 0.0760. The summed E-state index contributed by atoms with van der Waals surface area (Å²) in [7, 11) is 0. The first kappa shape index (κ1) is 31.9. The third kappa shape index (κ3) is 6.61. The highest BCUT2D eigenvalue weighted by Crippen LogP contribution is 2.39. The van der Waals surface area contributed by atoms with Gasteiger partial charge in [0.1, 0.15) is 42.7 Å². The maximum atomic E-state index is 13.0. The number of esters is 1. The lowest BCUT2D eigenvalue weighted by Crippen LogP contribution is -2.66. The number of carbonyl (C=O) groups excluding carboxylic acids is 1. The first-order valence-corrected chi connectivity index (χ1v) is 13.8. The van der Waals surface area contributed by atoms with Gasteiger partial charge < -0.3 is 69.3 Å². The van der Waals surface area contributed by atoms with Crippen LogP contribution in [0.25, 0.3) is 6.08 Å². The Hall–Kier alpha value is -3.51. The largest absolute Gasteiger partial charge is 0.504 e. The standard InChI is InChI=1S/C29H34O15/c1-12-22(36)23(37)24(38)28(40-12)44-26-25(43-21(35)7-3-13-2-5-15(31)17(33)8-13)19(10-30)42-29-27(26)41-20(11-39-29)14-4-6-16(32)18(34)9-14/h2-9,12,19-20,22-34,36-38H,10-11H2,1H3/t12-,19+,20-,22-,23-,24-,25+,26+,27-,28+,29-/m0/s1. The number of hydrogen-bond acceptors (Lipinski definition) is 15. The van der Waals surface area contributed by atoms with Gasteiger partial charge in [-0.1, -0.05) is 12.1 Å². The molecule has 3 saturated heterocycles. The van der Waals surface area contributed by atoms with Crippen molar-refractivity contribution in [1.82, 2.24) is 0 Å². The topological polar surface area (TPSA) is 234 Å². The van der Waals surface area contributed by atoms with E-state index in [1.165, 1.54) is 49.4 Å². The van der Waals surface area contributed by atoms with E-state index < -0.39 is 91.6 Å². The maximum Gasteiger partial charge on any atom is 0.331 e. The number of fused-ring (bicyclic) bond motifs is 1. The van der Waals surface area contributed by atoms with Gasteiger partial charge in [-0.2, -0.15) is 0 Å². The number of phenols is 4. The van der Waals surface area contributed by atoms with Crippen LogP contribution in [0.1, 0.15) is 24.2 Å². The fraction of sp³-hybridized carbons (Fsp3) is 0.483. The normalized spacial score (nSPS) is 35.7. The zero-order chi connectivity index (χ0) is 31.7. The molecule has 0 radical (unpaired) electrons. The number of aromatic hydroxyl groups is 4. The van der Waals surface area contributed by atoms with E-state index in [4.69, 9.17) is 28.4 Å². The van der Waals surface area contributed by atoms with E-state index in [0.29, 0.717) is 11.1 Å². The van der Waals surface area contributed by atoms with Gasteiger partial charge in [-0.15, -0.1) is 0 Å². The molecule has 0 aliphatic carbocycles. The Morgan fingerprint density at radius 3 is 2.27 bits per heavy atom. The van der Waals surface area contributed by atoms with E-state index in [9.17, 15) is 45.6 Å². The van der Waals surface area contributed by atoms with E-state index >= 15 is 0 Å². The molecule has 2 aromatic carbocycles. The second-order valence-electron chi connectivity index (χ2n) is 10.7. The second-order valence-corrected chi connectivity index (χ2v) is 10.7. The molecular formula is C29H34O15. The lowest BCUT2D eigenvalue weighted by molar-refractivity contribution is -0.384. The molecule has 0 spiro atoms. The number of aliphatic hydroxyl groups excluding tert-OH is 4. The van der Waals surface area contributed by atoms with E-state index in [2.05, 4.69) is 0 Å². The molecule has 0 saturated carbocycles. The lowest BCUT2D eigenvalue weighted by atomic mass is 9.95. The summed E-state index contributed by atoms with van der Waals surface area (Å²) in [5.74, 6) is -2.43. The molecule has 15 nitrogen and oxygen atoms in total. The van der Waals surface area contributed by atoms with Crippen molar-refractivity contribution in [3.05, 3.63) is 53.6 Å². The van der Waals surface area contributed by atoms with E-state index in [1.807, 2.05) is 0 Å². The Kier molecular flexibility index (Phi) is 9.59. The lowest BCUT2D eigenvalue weighted by Gasteiger charge is -2.50. The molecule has 11 atom stereocenters. The van der Waals surface area contributed by atoms with Crippen molar-refractivity contribution in [2.24, 2.45) is 0 Å². The molecule has 44 heavy (non-hydrogen) atoms. The summed E-state index contributed by atoms with van der Waals surface area (Å²) < 4.78 is 35.3. The summed E-state index contributed by atoms with van der Waals surface area (Å²) in [6.07, 6.45) is -12.2. The summed E-state index contributed by atoms with van der Waals surface area (Å²) in [6.45, 7) is 0.713. The van der Waals surface area contributed by atoms with Gasteiger partial charge in [-0.05, 0) is 48.4 Å². The number of carbonyl (C=O) groups is 1. The Morgan fingerprint density at radius 1 is 0.886 bits per heavy atom. The van der Waals surface area contributed by atoms with Crippen LogP contribution in [0.4, 0.5) is 0 Å². The van der Waals surface area contributed by atoms with Gasteiger partial charge in [0.25, 0.3) is 0 Å². The van der Waals surface area contributed by atoms with E-state index in [0.717, 1.165) is 6.08 Å². The number of hydrogen-bond donors (Lipinski definition) is 8. The Labute approximate surface area is 250 Å². The number of benzene rings is 2. The van der Waals surface area contributed by atoms with Crippen molar-refractivity contribution in [3.8, 4) is 23.0 Å². The number of rotatable bonds is 7. The molecule has 3 heterocycles. The summed E-state index contributed by atoms with van der Waals surface area (Å²) >= 11 is 0. The molecule has 2 aromatic rings. The summed E-state index contributed by atoms with van der Waals surface area (Å²) in [6, 6.07) is 7.92. The molecule has 0 aromatic heterocycles. The molecular weight excluding hydrogens is 588 g/mol. The minimum Gasteiger partial charge on any atom is -0.504 e. The molecule has 3 aliphatic rings. The first-order valence-electron chi connectivity index (χ1n) is 13.8. The number of aliphatic hydroxyl groups is 4.